The first-order valence-corrected chi connectivity index (χ1v) is 23.2. The van der Waals surface area contributed by atoms with Gasteiger partial charge in [-0.2, -0.15) is 0 Å². The minimum atomic E-state index is -3.32. The summed E-state index contributed by atoms with van der Waals surface area (Å²) >= 11 is 0. The van der Waals surface area contributed by atoms with Gasteiger partial charge in [0, 0.05) is 0 Å². The minimum absolute atomic E-state index is 0.777. The van der Waals surface area contributed by atoms with Crippen molar-refractivity contribution in [1.82, 2.24) is 0 Å². The number of fused-ring (bicyclic) bond motifs is 10. The van der Waals surface area contributed by atoms with E-state index in [1.54, 1.807) is 10.9 Å². The standard InChI is InChI=1S/C19H18P.C12H11P.C5H5.Fe/c1-2-15-9-6-7-13-18(15)20-19-14-8-12-17(19)16-10-4-3-5-11-16;1-3-7-11(8-4-1)13-12-9-5-2-6-10-12;1-2-4-5-3-1;/h3-14,20H,2H2,1H3;1-10,13H;1-5H;. The van der Waals surface area contributed by atoms with Crippen LogP contribution in [0.15, 0.2) is 115 Å². The van der Waals surface area contributed by atoms with Crippen molar-refractivity contribution in [3.63, 3.8) is 0 Å². The van der Waals surface area contributed by atoms with Crippen LogP contribution in [-0.2, 0) is 17.2 Å². The Morgan fingerprint density at radius 3 is 1.62 bits per heavy atom. The van der Waals surface area contributed by atoms with Gasteiger partial charge in [0.05, 0.1) is 0 Å². The van der Waals surface area contributed by atoms with Crippen LogP contribution < -0.4 is 15.9 Å². The van der Waals surface area contributed by atoms with Gasteiger partial charge >= 0.3 is 146 Å². The summed E-state index contributed by atoms with van der Waals surface area (Å²) in [7, 11) is 1.95. The van der Waals surface area contributed by atoms with Crippen LogP contribution in [0.1, 0.15) is 18.1 Å². The largest absolute Gasteiger partial charge is 0.0622 e. The summed E-state index contributed by atoms with van der Waals surface area (Å²) in [5.74, 6) is 0. The Bertz CT molecular complexity index is 2090. The van der Waals surface area contributed by atoms with Crippen LogP contribution in [0.3, 0.4) is 0 Å². The molecular weight excluding hydrogens is 550 g/mol. The van der Waals surface area contributed by atoms with Crippen LogP contribution in [0.2, 0.25) is 38.5 Å². The molecule has 10 aliphatic rings. The molecule has 39 heavy (non-hydrogen) atoms. The van der Waals surface area contributed by atoms with E-state index >= 15 is 0 Å². The summed E-state index contributed by atoms with van der Waals surface area (Å²) in [6.45, 7) is -0.946. The maximum Gasteiger partial charge on any atom is -0.0226 e. The summed E-state index contributed by atoms with van der Waals surface area (Å²) in [5, 5.41) is 4.58. The van der Waals surface area contributed by atoms with Crippen molar-refractivity contribution >= 4 is 33.1 Å². The van der Waals surface area contributed by atoms with Crippen molar-refractivity contribution in [1.29, 1.82) is 0 Å². The first-order valence-electron chi connectivity index (χ1n) is 15.0. The van der Waals surface area contributed by atoms with Gasteiger partial charge in [-0.3, -0.25) is 0 Å². The van der Waals surface area contributed by atoms with E-state index in [0.29, 0.717) is 0 Å². The zero-order chi connectivity index (χ0) is 25.4. The Morgan fingerprint density at radius 1 is 0.590 bits per heavy atom. The molecule has 10 aliphatic heterocycles. The van der Waals surface area contributed by atoms with Gasteiger partial charge in [0.2, 0.25) is 0 Å². The van der Waals surface area contributed by atoms with E-state index in [4.69, 9.17) is 0 Å². The fourth-order valence-electron chi connectivity index (χ4n) is 20.7. The second-order valence-corrected chi connectivity index (χ2v) is 42.8. The van der Waals surface area contributed by atoms with E-state index < -0.39 is 6.51 Å². The van der Waals surface area contributed by atoms with E-state index in [-0.39, 0.29) is 0 Å². The molecule has 196 valence electrons. The first-order chi connectivity index (χ1) is 19.0. The Balaban J connectivity index is 0.000000123. The molecule has 10 saturated heterocycles. The molecule has 10 fully saturated rings. The topological polar surface area (TPSA) is 0 Å². The predicted octanol–water partition coefficient (Wildman–Crippen LogP) is 8.27. The number of rotatable bonds is 6. The smallest absolute Gasteiger partial charge is 0.0226 e. The molecule has 0 radical (unpaired) electrons. The van der Waals surface area contributed by atoms with Gasteiger partial charge in [0.1, 0.15) is 0 Å². The number of hydrogen-bond acceptors (Lipinski definition) is 0. The molecule has 3 heteroatoms. The number of hydrogen-bond donors (Lipinski definition) is 0. The third kappa shape index (κ3) is 0.554. The van der Waals surface area contributed by atoms with Gasteiger partial charge in [-0.05, 0) is 10.6 Å². The van der Waals surface area contributed by atoms with E-state index in [1.165, 1.54) is 64.1 Å². The molecular formula is C36H34FeP2. The molecule has 4 aromatic carbocycles. The average molecular weight is 584 g/mol. The molecule has 0 saturated carbocycles. The van der Waals surface area contributed by atoms with Gasteiger partial charge in [0.15, 0.2) is 0 Å². The van der Waals surface area contributed by atoms with E-state index in [0.717, 1.165) is 16.9 Å². The molecule has 10 heterocycles. The van der Waals surface area contributed by atoms with Crippen LogP contribution >= 0.6 is 17.2 Å². The Morgan fingerprint density at radius 2 is 1.10 bits per heavy atom. The van der Waals surface area contributed by atoms with E-state index in [1.807, 2.05) is 5.56 Å². The second kappa shape index (κ2) is 3.34. The zero-order valence-corrected chi connectivity index (χ0v) is 25.3. The molecule has 0 amide bonds. The van der Waals surface area contributed by atoms with Crippen molar-refractivity contribution in [2.75, 3.05) is 0 Å². The van der Waals surface area contributed by atoms with Crippen LogP contribution in [0.25, 0.3) is 0 Å². The zero-order valence-electron chi connectivity index (χ0n) is 22.1. The van der Waals surface area contributed by atoms with E-state index in [2.05, 4.69) is 122 Å². The summed E-state index contributed by atoms with van der Waals surface area (Å²) in [4.78, 5) is 11.0. The van der Waals surface area contributed by atoms with Gasteiger partial charge in [-0.1, -0.05) is 69.2 Å². The Hall–Kier alpha value is -1.74. The maximum atomic E-state index is 2.60. The molecule has 6 atom stereocenters. The van der Waals surface area contributed by atoms with E-state index in [9.17, 15) is 0 Å². The summed E-state index contributed by atoms with van der Waals surface area (Å²) < 4.78 is 1.76. The molecule has 0 nitrogen and oxygen atoms in total. The van der Waals surface area contributed by atoms with Crippen molar-refractivity contribution in [3.8, 4) is 0 Å². The molecule has 1 spiro atoms. The summed E-state index contributed by atoms with van der Waals surface area (Å²) in [6.07, 6.45) is 1.23. The van der Waals surface area contributed by atoms with Gasteiger partial charge in [-0.15, -0.1) is 0 Å². The fourth-order valence-corrected chi connectivity index (χ4v) is 109. The molecule has 5 unspecified atom stereocenters. The van der Waals surface area contributed by atoms with Crippen molar-refractivity contribution in [3.05, 3.63) is 126 Å². The summed E-state index contributed by atoms with van der Waals surface area (Å²) in [5.41, 5.74) is 3.55. The van der Waals surface area contributed by atoms with Crippen LogP contribution in [0, 0.1) is 0 Å². The second-order valence-electron chi connectivity index (χ2n) is 16.1. The minimum Gasteiger partial charge on any atom is -0.0622 e. The fraction of sp³-hybridized carbons (Fsp3) is 0.333. The molecule has 0 aromatic heterocycles. The third-order valence-corrected chi connectivity index (χ3v) is 69.8. The number of benzene rings is 4. The van der Waals surface area contributed by atoms with Gasteiger partial charge in [-0.25, -0.2) is 0 Å². The third-order valence-electron chi connectivity index (χ3n) is 19.6. The number of aryl methyl sites for hydroxylation is 1. The van der Waals surface area contributed by atoms with Crippen LogP contribution in [0.5, 0.6) is 0 Å². The molecule has 0 aliphatic carbocycles. The molecule has 4 aromatic rings. The maximum absolute atomic E-state index is 3.32. The van der Waals surface area contributed by atoms with Crippen LogP contribution in [0.4, 0.5) is 0 Å². The van der Waals surface area contributed by atoms with Crippen molar-refractivity contribution < 1.29 is 6.51 Å². The van der Waals surface area contributed by atoms with Crippen LogP contribution in [-0.4, -0.2) is 4.05 Å². The molecule has 0 bridgehead atoms. The van der Waals surface area contributed by atoms with Crippen molar-refractivity contribution in [2.24, 2.45) is 0 Å². The monoisotopic (exact) mass is 584 g/mol. The van der Waals surface area contributed by atoms with Crippen molar-refractivity contribution in [2.45, 2.75) is 60.2 Å². The Labute approximate surface area is 225 Å². The Kier molecular flexibility index (Phi) is 1.73. The van der Waals surface area contributed by atoms with Gasteiger partial charge < -0.3 is 0 Å². The average Bonchev–Trinajstić information content (AvgIpc) is 3.95. The SMILES string of the molecule is CCc1ccccc1P[C@@]12[CH]3[CH]4[CH]5[C]1(c1ccccc1)[Fe]45321678[CH]2[CH]1[CH]6[CH]7[CH]28.c1ccc(Pc2ccccc2)cc1. The molecule has 0 N–H and O–H groups in total. The predicted molar refractivity (Wildman–Crippen MR) is 165 cm³/mol. The summed E-state index contributed by atoms with van der Waals surface area (Å²) in [6, 6.07) is 42.9. The normalized spacial score (nSPS) is 60.0. The molecule has 14 rings (SSSR count). The quantitative estimate of drug-likeness (QED) is 0.158. The first kappa shape index (κ1) is 20.2. The van der Waals surface area contributed by atoms with Gasteiger partial charge in [0.25, 0.3) is 0 Å².